The Labute approximate surface area is 161 Å². The minimum Gasteiger partial charge on any atom is -0.348 e. The molecule has 148 valence electrons. The second kappa shape index (κ2) is 6.26. The van der Waals surface area contributed by atoms with Crippen LogP contribution in [-0.4, -0.2) is 36.3 Å². The number of alkyl halides is 3. The molecular formula is C18H13F4N7. The summed E-state index contributed by atoms with van der Waals surface area (Å²) in [6.07, 6.45) is -0.800. The lowest BCUT2D eigenvalue weighted by molar-refractivity contribution is -0.141. The number of hydrogen-bond donors (Lipinski definition) is 1. The number of fused-ring (bicyclic) bond motifs is 2. The summed E-state index contributed by atoms with van der Waals surface area (Å²) in [4.78, 5) is 9.22. The molecule has 4 aromatic rings. The predicted octanol–water partition coefficient (Wildman–Crippen LogP) is 3.16. The molecule has 0 saturated heterocycles. The second-order valence-corrected chi connectivity index (χ2v) is 6.64. The van der Waals surface area contributed by atoms with Crippen molar-refractivity contribution in [1.82, 2.24) is 29.8 Å². The molecule has 29 heavy (non-hydrogen) atoms. The van der Waals surface area contributed by atoms with Crippen molar-refractivity contribution >= 4 is 11.3 Å². The van der Waals surface area contributed by atoms with E-state index < -0.39 is 23.7 Å². The van der Waals surface area contributed by atoms with Gasteiger partial charge in [-0.3, -0.25) is 0 Å². The molecule has 11 heteroatoms. The van der Waals surface area contributed by atoms with E-state index in [-0.39, 0.29) is 5.82 Å². The van der Waals surface area contributed by atoms with E-state index in [4.69, 9.17) is 0 Å². The summed E-state index contributed by atoms with van der Waals surface area (Å²) in [7, 11) is 0. The lowest BCUT2D eigenvalue weighted by Gasteiger charge is -2.34. The summed E-state index contributed by atoms with van der Waals surface area (Å²) >= 11 is 0. The number of H-pyrrole nitrogens is 1. The Morgan fingerprint density at radius 3 is 2.72 bits per heavy atom. The Kier molecular flexibility index (Phi) is 3.80. The lowest BCUT2D eigenvalue weighted by Crippen LogP contribution is -2.37. The van der Waals surface area contributed by atoms with E-state index in [9.17, 15) is 17.6 Å². The van der Waals surface area contributed by atoms with Gasteiger partial charge in [-0.05, 0) is 30.3 Å². The van der Waals surface area contributed by atoms with Crippen LogP contribution in [0.1, 0.15) is 28.8 Å². The fraction of sp³-hybridized carbons (Fsp3) is 0.222. The van der Waals surface area contributed by atoms with Gasteiger partial charge in [0.05, 0.1) is 17.7 Å². The van der Waals surface area contributed by atoms with Crippen LogP contribution in [0.15, 0.2) is 42.9 Å². The van der Waals surface area contributed by atoms with Crippen LogP contribution >= 0.6 is 0 Å². The van der Waals surface area contributed by atoms with Crippen LogP contribution in [0.3, 0.4) is 0 Å². The molecule has 4 aromatic heterocycles. The van der Waals surface area contributed by atoms with Gasteiger partial charge in [0.25, 0.3) is 0 Å². The number of anilines is 1. The molecule has 1 aliphatic heterocycles. The van der Waals surface area contributed by atoms with Gasteiger partial charge < -0.3 is 9.88 Å². The molecule has 5 heterocycles. The highest BCUT2D eigenvalue weighted by atomic mass is 19.4. The fourth-order valence-corrected chi connectivity index (χ4v) is 3.59. The maximum Gasteiger partial charge on any atom is 0.435 e. The summed E-state index contributed by atoms with van der Waals surface area (Å²) in [6.45, 7) is 0.455. The molecule has 0 radical (unpaired) electrons. The molecule has 7 nitrogen and oxygen atoms in total. The third kappa shape index (κ3) is 2.89. The van der Waals surface area contributed by atoms with E-state index in [0.717, 1.165) is 11.8 Å². The SMILES string of the molecule is Fc1cccn2nc([C@H]3c4nc[nH]c4CCN3c3ccc(C(F)(F)F)nn3)cc12. The zero-order chi connectivity index (χ0) is 20.2. The molecule has 1 aliphatic rings. The van der Waals surface area contributed by atoms with E-state index in [0.29, 0.717) is 29.9 Å². The predicted molar refractivity (Wildman–Crippen MR) is 93.7 cm³/mol. The summed E-state index contributed by atoms with van der Waals surface area (Å²) in [6, 6.07) is 6.10. The molecular weight excluding hydrogens is 390 g/mol. The largest absolute Gasteiger partial charge is 0.435 e. The Morgan fingerprint density at radius 1 is 1.14 bits per heavy atom. The first kappa shape index (κ1) is 17.6. The molecule has 0 amide bonds. The first-order chi connectivity index (χ1) is 13.9. The minimum absolute atomic E-state index is 0.258. The summed E-state index contributed by atoms with van der Waals surface area (Å²) in [5, 5.41) is 11.6. The molecule has 0 aromatic carbocycles. The second-order valence-electron chi connectivity index (χ2n) is 6.64. The Morgan fingerprint density at radius 2 is 2.00 bits per heavy atom. The first-order valence-electron chi connectivity index (χ1n) is 8.75. The van der Waals surface area contributed by atoms with Crippen molar-refractivity contribution in [1.29, 1.82) is 0 Å². The van der Waals surface area contributed by atoms with E-state index in [1.54, 1.807) is 29.6 Å². The highest BCUT2D eigenvalue weighted by molar-refractivity contribution is 5.54. The van der Waals surface area contributed by atoms with E-state index in [1.165, 1.54) is 16.6 Å². The van der Waals surface area contributed by atoms with Crippen molar-refractivity contribution in [3.63, 3.8) is 0 Å². The minimum atomic E-state index is -4.57. The smallest absolute Gasteiger partial charge is 0.348 e. The van der Waals surface area contributed by atoms with Crippen LogP contribution in [-0.2, 0) is 12.6 Å². The van der Waals surface area contributed by atoms with Gasteiger partial charge in [0.2, 0.25) is 0 Å². The Bertz CT molecular complexity index is 1180. The molecule has 0 spiro atoms. The normalized spacial score (nSPS) is 17.0. The van der Waals surface area contributed by atoms with E-state index in [1.807, 2.05) is 0 Å². The zero-order valence-corrected chi connectivity index (χ0v) is 14.7. The van der Waals surface area contributed by atoms with Crippen LogP contribution < -0.4 is 4.90 Å². The highest BCUT2D eigenvalue weighted by Gasteiger charge is 2.36. The number of imidazole rings is 1. The fourth-order valence-electron chi connectivity index (χ4n) is 3.59. The molecule has 1 N–H and O–H groups in total. The quantitative estimate of drug-likeness (QED) is 0.521. The number of nitrogens with zero attached hydrogens (tertiary/aromatic N) is 6. The topological polar surface area (TPSA) is 75.0 Å². The van der Waals surface area contributed by atoms with Crippen LogP contribution in [0.25, 0.3) is 5.52 Å². The van der Waals surface area contributed by atoms with Crippen LogP contribution in [0.5, 0.6) is 0 Å². The van der Waals surface area contributed by atoms with Crippen molar-refractivity contribution < 1.29 is 17.6 Å². The first-order valence-corrected chi connectivity index (χ1v) is 8.75. The van der Waals surface area contributed by atoms with Gasteiger partial charge in [0.15, 0.2) is 11.5 Å². The number of nitrogens with one attached hydrogen (secondary N) is 1. The van der Waals surface area contributed by atoms with Crippen molar-refractivity contribution in [2.24, 2.45) is 0 Å². The average molecular weight is 403 g/mol. The highest BCUT2D eigenvalue weighted by Crippen LogP contribution is 2.36. The lowest BCUT2D eigenvalue weighted by atomic mass is 9.99. The number of pyridine rings is 1. The summed E-state index contributed by atoms with van der Waals surface area (Å²) < 4.78 is 54.1. The van der Waals surface area contributed by atoms with Crippen molar-refractivity contribution in [2.45, 2.75) is 18.6 Å². The number of aromatic amines is 1. The number of aromatic nitrogens is 6. The van der Waals surface area contributed by atoms with Crippen LogP contribution in [0, 0.1) is 5.82 Å². The molecule has 5 rings (SSSR count). The van der Waals surface area contributed by atoms with Gasteiger partial charge in [-0.1, -0.05) is 0 Å². The van der Waals surface area contributed by atoms with Gasteiger partial charge in [0, 0.05) is 24.9 Å². The maximum atomic E-state index is 14.2. The van der Waals surface area contributed by atoms with Crippen LogP contribution in [0.4, 0.5) is 23.4 Å². The Balaban J connectivity index is 1.61. The zero-order valence-electron chi connectivity index (χ0n) is 14.7. The number of hydrogen-bond acceptors (Lipinski definition) is 5. The van der Waals surface area contributed by atoms with Crippen molar-refractivity contribution in [3.05, 3.63) is 71.4 Å². The monoisotopic (exact) mass is 403 g/mol. The summed E-state index contributed by atoms with van der Waals surface area (Å²) in [5.74, 6) is -0.167. The van der Waals surface area contributed by atoms with Gasteiger partial charge in [-0.25, -0.2) is 13.9 Å². The average Bonchev–Trinajstić information content (AvgIpc) is 3.34. The number of halogens is 4. The van der Waals surface area contributed by atoms with Crippen LogP contribution in [0.2, 0.25) is 0 Å². The van der Waals surface area contributed by atoms with Gasteiger partial charge in [0.1, 0.15) is 17.4 Å². The van der Waals surface area contributed by atoms with Gasteiger partial charge in [-0.15, -0.1) is 10.2 Å². The van der Waals surface area contributed by atoms with E-state index >= 15 is 0 Å². The third-order valence-corrected chi connectivity index (χ3v) is 4.91. The van der Waals surface area contributed by atoms with Crippen molar-refractivity contribution in [3.8, 4) is 0 Å². The molecule has 0 aliphatic carbocycles. The summed E-state index contributed by atoms with van der Waals surface area (Å²) in [5.41, 5.74) is 1.30. The molecule has 0 fully saturated rings. The number of rotatable bonds is 2. The molecule has 1 atom stereocenters. The molecule has 0 saturated carbocycles. The third-order valence-electron chi connectivity index (χ3n) is 4.91. The molecule has 0 bridgehead atoms. The maximum absolute atomic E-state index is 14.2. The standard InChI is InChI=1S/C18H13F4N7/c19-10-2-1-6-29-13(10)8-12(27-29)17-16-11(23-9-24-16)5-7-28(17)15-4-3-14(25-26-15)18(20,21)22/h1-4,6,8-9,17H,5,7H2,(H,23,24)/t17-/m0/s1. The van der Waals surface area contributed by atoms with Crippen molar-refractivity contribution in [2.75, 3.05) is 11.4 Å². The molecule has 0 unspecified atom stereocenters. The Hall–Kier alpha value is -3.50. The van der Waals surface area contributed by atoms with Gasteiger partial charge in [-0.2, -0.15) is 18.3 Å². The van der Waals surface area contributed by atoms with E-state index in [2.05, 4.69) is 25.3 Å². The van der Waals surface area contributed by atoms with Gasteiger partial charge >= 0.3 is 6.18 Å².